The predicted molar refractivity (Wildman–Crippen MR) is 110 cm³/mol. The minimum atomic E-state index is -0.290. The number of carbonyl (C=O) groups is 2. The van der Waals surface area contributed by atoms with Crippen molar-refractivity contribution in [1.82, 2.24) is 14.7 Å². The van der Waals surface area contributed by atoms with Gasteiger partial charge in [-0.3, -0.25) is 14.5 Å². The summed E-state index contributed by atoms with van der Waals surface area (Å²) in [5, 5.41) is 0. The van der Waals surface area contributed by atoms with Crippen molar-refractivity contribution in [2.45, 2.75) is 51.5 Å². The van der Waals surface area contributed by atoms with E-state index in [9.17, 15) is 9.59 Å². The van der Waals surface area contributed by atoms with Crippen molar-refractivity contribution in [2.24, 2.45) is 5.41 Å². The van der Waals surface area contributed by atoms with Crippen molar-refractivity contribution in [3.63, 3.8) is 0 Å². The van der Waals surface area contributed by atoms with Crippen LogP contribution in [0.1, 0.15) is 44.6 Å². The van der Waals surface area contributed by atoms with Crippen molar-refractivity contribution in [3.8, 4) is 0 Å². The van der Waals surface area contributed by atoms with E-state index in [0.717, 1.165) is 70.4 Å². The van der Waals surface area contributed by atoms with Crippen molar-refractivity contribution in [1.29, 1.82) is 0 Å². The summed E-state index contributed by atoms with van der Waals surface area (Å²) >= 11 is 0. The maximum Gasteiger partial charge on any atom is 0.230 e. The van der Waals surface area contributed by atoms with Crippen LogP contribution < -0.4 is 0 Å². The molecule has 3 fully saturated rings. The molecule has 0 saturated carbocycles. The van der Waals surface area contributed by atoms with E-state index in [2.05, 4.69) is 16.7 Å². The molecule has 0 unspecified atom stereocenters. The van der Waals surface area contributed by atoms with Gasteiger partial charge in [-0.2, -0.15) is 0 Å². The van der Waals surface area contributed by atoms with Crippen molar-refractivity contribution in [3.05, 3.63) is 35.9 Å². The van der Waals surface area contributed by atoms with Gasteiger partial charge in [0, 0.05) is 32.2 Å². The molecule has 5 nitrogen and oxygen atoms in total. The van der Waals surface area contributed by atoms with Crippen LogP contribution >= 0.6 is 0 Å². The number of nitrogens with zero attached hydrogens (tertiary/aromatic N) is 3. The first-order valence-electron chi connectivity index (χ1n) is 11.0. The van der Waals surface area contributed by atoms with E-state index in [4.69, 9.17) is 0 Å². The molecular weight excluding hydrogens is 350 g/mol. The summed E-state index contributed by atoms with van der Waals surface area (Å²) in [6.07, 6.45) is 5.38. The highest BCUT2D eigenvalue weighted by atomic mass is 16.2. The van der Waals surface area contributed by atoms with Gasteiger partial charge in [0.1, 0.15) is 0 Å². The van der Waals surface area contributed by atoms with Crippen LogP contribution in [0, 0.1) is 5.41 Å². The van der Waals surface area contributed by atoms with E-state index in [-0.39, 0.29) is 17.4 Å². The zero-order valence-corrected chi connectivity index (χ0v) is 17.1. The number of fused-ring (bicyclic) bond motifs is 1. The zero-order chi connectivity index (χ0) is 19.6. The molecule has 5 heteroatoms. The molecule has 0 bridgehead atoms. The first-order valence-corrected chi connectivity index (χ1v) is 11.0. The smallest absolute Gasteiger partial charge is 0.230 e. The number of hydrogen-bond acceptors (Lipinski definition) is 3. The van der Waals surface area contributed by atoms with Gasteiger partial charge in [-0.1, -0.05) is 37.3 Å². The molecule has 0 spiro atoms. The van der Waals surface area contributed by atoms with E-state index in [1.54, 1.807) is 0 Å². The second-order valence-corrected chi connectivity index (χ2v) is 8.63. The monoisotopic (exact) mass is 383 g/mol. The predicted octanol–water partition coefficient (Wildman–Crippen LogP) is 2.55. The summed E-state index contributed by atoms with van der Waals surface area (Å²) in [7, 11) is 0. The van der Waals surface area contributed by atoms with Gasteiger partial charge in [0.15, 0.2) is 0 Å². The third-order valence-electron chi connectivity index (χ3n) is 7.20. The Balaban J connectivity index is 1.51. The fourth-order valence-corrected chi connectivity index (χ4v) is 5.59. The van der Waals surface area contributed by atoms with Gasteiger partial charge in [0.2, 0.25) is 11.8 Å². The Labute approximate surface area is 168 Å². The Morgan fingerprint density at radius 3 is 2.39 bits per heavy atom. The van der Waals surface area contributed by atoms with Crippen LogP contribution in [-0.4, -0.2) is 71.8 Å². The quantitative estimate of drug-likeness (QED) is 0.803. The Kier molecular flexibility index (Phi) is 5.72. The first-order chi connectivity index (χ1) is 13.6. The Morgan fingerprint density at radius 1 is 0.964 bits per heavy atom. The minimum absolute atomic E-state index is 0.193. The fourth-order valence-electron chi connectivity index (χ4n) is 5.59. The SMILES string of the molecule is CCN1CC[C@]2(C(=O)N3CCCC3)CCN(C(=O)Cc3ccccc3)CC[C@H]12. The van der Waals surface area contributed by atoms with Crippen LogP contribution in [0.4, 0.5) is 0 Å². The number of carbonyl (C=O) groups excluding carboxylic acids is 2. The molecule has 3 aliphatic heterocycles. The lowest BCUT2D eigenvalue weighted by Crippen LogP contribution is -2.50. The summed E-state index contributed by atoms with van der Waals surface area (Å²) in [4.78, 5) is 33.1. The van der Waals surface area contributed by atoms with Crippen LogP contribution in [0.3, 0.4) is 0 Å². The number of benzene rings is 1. The molecule has 3 saturated heterocycles. The van der Waals surface area contributed by atoms with Gasteiger partial charge in [-0.15, -0.1) is 0 Å². The summed E-state index contributed by atoms with van der Waals surface area (Å²) in [6, 6.07) is 10.3. The molecule has 3 heterocycles. The highest BCUT2D eigenvalue weighted by Gasteiger charge is 2.54. The molecular formula is C23H33N3O2. The second kappa shape index (κ2) is 8.24. The standard InChI is InChI=1S/C23H33N3O2/c1-2-24-16-11-23(22(28)26-13-6-7-14-26)12-17-25(15-10-20(23)24)21(27)18-19-8-4-3-5-9-19/h3-5,8-9,20H,2,6-7,10-18H2,1H3/t20-,23-/m0/s1. The topological polar surface area (TPSA) is 43.9 Å². The lowest BCUT2D eigenvalue weighted by Gasteiger charge is -2.38. The van der Waals surface area contributed by atoms with E-state index in [1.807, 2.05) is 35.2 Å². The summed E-state index contributed by atoms with van der Waals surface area (Å²) in [6.45, 7) is 7.49. The summed E-state index contributed by atoms with van der Waals surface area (Å²) in [5.41, 5.74) is 0.775. The fraction of sp³-hybridized carbons (Fsp3) is 0.652. The molecule has 0 aromatic heterocycles. The van der Waals surface area contributed by atoms with E-state index in [1.165, 1.54) is 0 Å². The third kappa shape index (κ3) is 3.57. The summed E-state index contributed by atoms with van der Waals surface area (Å²) in [5.74, 6) is 0.557. The molecule has 3 aliphatic rings. The molecule has 1 aromatic carbocycles. The summed E-state index contributed by atoms with van der Waals surface area (Å²) < 4.78 is 0. The Bertz CT molecular complexity index is 701. The molecule has 0 aliphatic carbocycles. The van der Waals surface area contributed by atoms with Crippen LogP contribution in [0.15, 0.2) is 30.3 Å². The lowest BCUT2D eigenvalue weighted by atomic mass is 9.75. The van der Waals surface area contributed by atoms with Crippen molar-refractivity contribution in [2.75, 3.05) is 39.3 Å². The lowest BCUT2D eigenvalue weighted by molar-refractivity contribution is -0.143. The van der Waals surface area contributed by atoms with Gasteiger partial charge in [0.25, 0.3) is 0 Å². The van der Waals surface area contributed by atoms with Gasteiger partial charge in [0.05, 0.1) is 11.8 Å². The highest BCUT2D eigenvalue weighted by molar-refractivity contribution is 5.85. The average molecular weight is 384 g/mol. The molecule has 2 amide bonds. The number of rotatable bonds is 4. The van der Waals surface area contributed by atoms with E-state index < -0.39 is 0 Å². The minimum Gasteiger partial charge on any atom is -0.342 e. The van der Waals surface area contributed by atoms with Crippen LogP contribution in [0.5, 0.6) is 0 Å². The molecule has 2 atom stereocenters. The van der Waals surface area contributed by atoms with E-state index >= 15 is 0 Å². The van der Waals surface area contributed by atoms with Gasteiger partial charge >= 0.3 is 0 Å². The van der Waals surface area contributed by atoms with Gasteiger partial charge < -0.3 is 9.80 Å². The average Bonchev–Trinajstić information content (AvgIpc) is 3.33. The van der Waals surface area contributed by atoms with Gasteiger partial charge in [-0.05, 0) is 50.8 Å². The van der Waals surface area contributed by atoms with Gasteiger partial charge in [-0.25, -0.2) is 0 Å². The first kappa shape index (κ1) is 19.4. The van der Waals surface area contributed by atoms with Crippen molar-refractivity contribution < 1.29 is 9.59 Å². The van der Waals surface area contributed by atoms with Crippen LogP contribution in [0.25, 0.3) is 0 Å². The largest absolute Gasteiger partial charge is 0.342 e. The van der Waals surface area contributed by atoms with Crippen LogP contribution in [0.2, 0.25) is 0 Å². The molecule has 1 aromatic rings. The molecule has 0 N–H and O–H groups in total. The Hall–Kier alpha value is -1.88. The molecule has 152 valence electrons. The van der Waals surface area contributed by atoms with Crippen molar-refractivity contribution >= 4 is 11.8 Å². The molecule has 28 heavy (non-hydrogen) atoms. The molecule has 4 rings (SSSR count). The Morgan fingerprint density at radius 2 is 1.68 bits per heavy atom. The normalized spacial score (nSPS) is 28.2. The highest BCUT2D eigenvalue weighted by Crippen LogP contribution is 2.45. The number of amides is 2. The van der Waals surface area contributed by atoms with E-state index in [0.29, 0.717) is 18.9 Å². The number of hydrogen-bond donors (Lipinski definition) is 0. The molecule has 0 radical (unpaired) electrons. The number of likely N-dealkylation sites (tertiary alicyclic amines) is 3. The maximum absolute atomic E-state index is 13.6. The third-order valence-corrected chi connectivity index (χ3v) is 7.20. The van der Waals surface area contributed by atoms with Crippen LogP contribution in [-0.2, 0) is 16.0 Å². The second-order valence-electron chi connectivity index (χ2n) is 8.63. The zero-order valence-electron chi connectivity index (χ0n) is 17.1. The maximum atomic E-state index is 13.6.